The monoisotopic (exact) mass is 251 g/mol. The zero-order chi connectivity index (χ0) is 13.0. The zero-order valence-corrected chi connectivity index (χ0v) is 11.0. The van der Waals surface area contributed by atoms with Gasteiger partial charge in [0.15, 0.2) is 0 Å². The SMILES string of the molecule is Cc1nc(NN)cc(N(C)CC2CCCCO2)n1. The van der Waals surface area contributed by atoms with Crippen molar-refractivity contribution in [3.63, 3.8) is 0 Å². The first kappa shape index (κ1) is 13.0. The maximum Gasteiger partial charge on any atom is 0.145 e. The van der Waals surface area contributed by atoms with Crippen LogP contribution >= 0.6 is 0 Å². The number of rotatable bonds is 4. The lowest BCUT2D eigenvalue weighted by molar-refractivity contribution is 0.0215. The van der Waals surface area contributed by atoms with Crippen molar-refractivity contribution >= 4 is 11.6 Å². The molecule has 6 nitrogen and oxygen atoms in total. The Bertz CT molecular complexity index is 392. The Kier molecular flexibility index (Phi) is 4.33. The van der Waals surface area contributed by atoms with Crippen LogP contribution in [0.1, 0.15) is 25.1 Å². The molecule has 1 aliphatic heterocycles. The number of nitrogen functional groups attached to an aromatic ring is 1. The van der Waals surface area contributed by atoms with Crippen molar-refractivity contribution in [2.24, 2.45) is 5.84 Å². The average Bonchev–Trinajstić information content (AvgIpc) is 2.39. The first-order chi connectivity index (χ1) is 8.69. The average molecular weight is 251 g/mol. The highest BCUT2D eigenvalue weighted by molar-refractivity contribution is 5.48. The molecule has 1 saturated heterocycles. The van der Waals surface area contributed by atoms with E-state index in [2.05, 4.69) is 20.3 Å². The predicted molar refractivity (Wildman–Crippen MR) is 71.4 cm³/mol. The van der Waals surface area contributed by atoms with Crippen LogP contribution in [0.3, 0.4) is 0 Å². The van der Waals surface area contributed by atoms with Crippen LogP contribution in [0.2, 0.25) is 0 Å². The number of aromatic nitrogens is 2. The van der Waals surface area contributed by atoms with Crippen molar-refractivity contribution < 1.29 is 4.74 Å². The number of hydrogen-bond donors (Lipinski definition) is 2. The molecule has 2 rings (SSSR count). The third-order valence-corrected chi connectivity index (χ3v) is 3.11. The van der Waals surface area contributed by atoms with Crippen LogP contribution in [-0.2, 0) is 4.74 Å². The van der Waals surface area contributed by atoms with Gasteiger partial charge in [-0.15, -0.1) is 0 Å². The molecule has 1 fully saturated rings. The molecule has 1 aromatic rings. The molecule has 1 aromatic heterocycles. The van der Waals surface area contributed by atoms with E-state index in [9.17, 15) is 0 Å². The van der Waals surface area contributed by atoms with Crippen molar-refractivity contribution in [2.45, 2.75) is 32.3 Å². The summed E-state index contributed by atoms with van der Waals surface area (Å²) in [6.45, 7) is 3.58. The molecule has 6 heteroatoms. The number of anilines is 2. The lowest BCUT2D eigenvalue weighted by Gasteiger charge is -2.28. The van der Waals surface area contributed by atoms with Gasteiger partial charge in [0.25, 0.3) is 0 Å². The fraction of sp³-hybridized carbons (Fsp3) is 0.667. The number of nitrogens with one attached hydrogen (secondary N) is 1. The highest BCUT2D eigenvalue weighted by atomic mass is 16.5. The summed E-state index contributed by atoms with van der Waals surface area (Å²) in [5.41, 5.74) is 2.56. The maximum absolute atomic E-state index is 5.73. The zero-order valence-electron chi connectivity index (χ0n) is 11.0. The van der Waals surface area contributed by atoms with Gasteiger partial charge in [-0.05, 0) is 26.2 Å². The summed E-state index contributed by atoms with van der Waals surface area (Å²) in [4.78, 5) is 10.7. The summed E-state index contributed by atoms with van der Waals surface area (Å²) in [6.07, 6.45) is 3.84. The molecule has 18 heavy (non-hydrogen) atoms. The van der Waals surface area contributed by atoms with E-state index in [1.165, 1.54) is 12.8 Å². The predicted octanol–water partition coefficient (Wildman–Crippen LogP) is 1.08. The smallest absolute Gasteiger partial charge is 0.145 e. The molecule has 1 unspecified atom stereocenters. The van der Waals surface area contributed by atoms with Crippen molar-refractivity contribution in [3.05, 3.63) is 11.9 Å². The van der Waals surface area contributed by atoms with E-state index in [1.807, 2.05) is 20.0 Å². The number of likely N-dealkylation sites (N-methyl/N-ethyl adjacent to an activating group) is 1. The Morgan fingerprint density at radius 2 is 2.33 bits per heavy atom. The topological polar surface area (TPSA) is 76.3 Å². The van der Waals surface area contributed by atoms with Crippen LogP contribution in [-0.4, -0.2) is 36.3 Å². The minimum Gasteiger partial charge on any atom is -0.376 e. The van der Waals surface area contributed by atoms with Crippen molar-refractivity contribution in [1.82, 2.24) is 9.97 Å². The summed E-state index contributed by atoms with van der Waals surface area (Å²) in [5, 5.41) is 0. The lowest BCUT2D eigenvalue weighted by Crippen LogP contribution is -2.34. The molecule has 1 aliphatic rings. The molecule has 1 atom stereocenters. The normalized spacial score (nSPS) is 19.6. The summed E-state index contributed by atoms with van der Waals surface area (Å²) in [7, 11) is 2.01. The van der Waals surface area contributed by atoms with Crippen LogP contribution < -0.4 is 16.2 Å². The second-order valence-electron chi connectivity index (χ2n) is 4.67. The van der Waals surface area contributed by atoms with Crippen molar-refractivity contribution in [3.8, 4) is 0 Å². The standard InChI is InChI=1S/C12H21N5O/c1-9-14-11(16-13)7-12(15-9)17(2)8-10-5-3-4-6-18-10/h7,10H,3-6,8,13H2,1-2H3,(H,14,15,16). The van der Waals surface area contributed by atoms with E-state index in [0.717, 1.165) is 25.4 Å². The van der Waals surface area contributed by atoms with Gasteiger partial charge < -0.3 is 15.1 Å². The molecule has 0 radical (unpaired) electrons. The molecule has 0 spiro atoms. The van der Waals surface area contributed by atoms with Gasteiger partial charge >= 0.3 is 0 Å². The van der Waals surface area contributed by atoms with E-state index in [-0.39, 0.29) is 0 Å². The van der Waals surface area contributed by atoms with Gasteiger partial charge in [0.1, 0.15) is 17.5 Å². The second-order valence-corrected chi connectivity index (χ2v) is 4.67. The maximum atomic E-state index is 5.73. The van der Waals surface area contributed by atoms with Crippen LogP contribution in [0.5, 0.6) is 0 Å². The highest BCUT2D eigenvalue weighted by Crippen LogP contribution is 2.18. The first-order valence-electron chi connectivity index (χ1n) is 6.34. The number of hydrazine groups is 1. The fourth-order valence-electron chi connectivity index (χ4n) is 2.17. The Labute approximate surface area is 108 Å². The van der Waals surface area contributed by atoms with E-state index in [1.54, 1.807) is 0 Å². The Hall–Kier alpha value is -1.40. The summed E-state index contributed by atoms with van der Waals surface area (Å²) < 4.78 is 5.73. The Morgan fingerprint density at radius 3 is 3.00 bits per heavy atom. The van der Waals surface area contributed by atoms with E-state index in [4.69, 9.17) is 10.6 Å². The van der Waals surface area contributed by atoms with Crippen molar-refractivity contribution in [2.75, 3.05) is 30.5 Å². The molecule has 0 aromatic carbocycles. The van der Waals surface area contributed by atoms with Crippen LogP contribution in [0, 0.1) is 6.92 Å². The molecule has 0 amide bonds. The van der Waals surface area contributed by atoms with Gasteiger partial charge in [0.05, 0.1) is 6.10 Å². The van der Waals surface area contributed by atoms with Gasteiger partial charge in [-0.25, -0.2) is 15.8 Å². The number of nitrogens with two attached hydrogens (primary N) is 1. The van der Waals surface area contributed by atoms with Gasteiger partial charge in [-0.2, -0.15) is 0 Å². The molecule has 0 aliphatic carbocycles. The van der Waals surface area contributed by atoms with Gasteiger partial charge in [-0.1, -0.05) is 0 Å². The van der Waals surface area contributed by atoms with Crippen molar-refractivity contribution in [1.29, 1.82) is 0 Å². The number of hydrogen-bond acceptors (Lipinski definition) is 6. The van der Waals surface area contributed by atoms with E-state index in [0.29, 0.717) is 17.7 Å². The molecular weight excluding hydrogens is 230 g/mol. The van der Waals surface area contributed by atoms with Crippen LogP contribution in [0.15, 0.2) is 6.07 Å². The van der Waals surface area contributed by atoms with Crippen LogP contribution in [0.25, 0.3) is 0 Å². The molecule has 0 saturated carbocycles. The minimum atomic E-state index is 0.299. The first-order valence-corrected chi connectivity index (χ1v) is 6.34. The summed E-state index contributed by atoms with van der Waals surface area (Å²) in [5.74, 6) is 7.59. The van der Waals surface area contributed by atoms with Gasteiger partial charge in [0, 0.05) is 26.3 Å². The summed E-state index contributed by atoms with van der Waals surface area (Å²) >= 11 is 0. The highest BCUT2D eigenvalue weighted by Gasteiger charge is 2.17. The third-order valence-electron chi connectivity index (χ3n) is 3.11. The molecule has 100 valence electrons. The number of aryl methyl sites for hydroxylation is 1. The Morgan fingerprint density at radius 1 is 1.50 bits per heavy atom. The number of nitrogens with zero attached hydrogens (tertiary/aromatic N) is 3. The fourth-order valence-corrected chi connectivity index (χ4v) is 2.17. The van der Waals surface area contributed by atoms with Crippen LogP contribution in [0.4, 0.5) is 11.6 Å². The third kappa shape index (κ3) is 3.30. The number of ether oxygens (including phenoxy) is 1. The minimum absolute atomic E-state index is 0.299. The molecule has 2 heterocycles. The van der Waals surface area contributed by atoms with E-state index < -0.39 is 0 Å². The largest absolute Gasteiger partial charge is 0.376 e. The van der Waals surface area contributed by atoms with Gasteiger partial charge in [0.2, 0.25) is 0 Å². The second kappa shape index (κ2) is 5.97. The molecular formula is C12H21N5O. The van der Waals surface area contributed by atoms with E-state index >= 15 is 0 Å². The molecule has 0 bridgehead atoms. The Balaban J connectivity index is 2.02. The van der Waals surface area contributed by atoms with Gasteiger partial charge in [-0.3, -0.25) is 0 Å². The lowest BCUT2D eigenvalue weighted by atomic mass is 10.1. The summed E-state index contributed by atoms with van der Waals surface area (Å²) in [6, 6.07) is 1.84. The quantitative estimate of drug-likeness (QED) is 0.616. The molecule has 3 N–H and O–H groups in total.